The maximum atomic E-state index is 14.3. The third-order valence-electron chi connectivity index (χ3n) is 9.90. The van der Waals surface area contributed by atoms with E-state index in [1.54, 1.807) is 29.6 Å². The molecule has 0 radical (unpaired) electrons. The maximum absolute atomic E-state index is 14.3. The molecule has 3 heterocycles. The number of hydrogen-bond acceptors (Lipinski definition) is 9. The number of nitrogens with one attached hydrogen (secondary N) is 4. The average Bonchev–Trinajstić information content (AvgIpc) is 3.85. The number of aromatic nitrogens is 4. The zero-order chi connectivity index (χ0) is 37.5. The van der Waals surface area contributed by atoms with Gasteiger partial charge in [0, 0.05) is 38.5 Å². The number of carbonyl (C=O) groups excluding carboxylic acids is 2. The summed E-state index contributed by atoms with van der Waals surface area (Å²) in [7, 11) is 0. The van der Waals surface area contributed by atoms with E-state index >= 15 is 0 Å². The van der Waals surface area contributed by atoms with Gasteiger partial charge < -0.3 is 41.6 Å². The molecule has 2 amide bonds. The number of aromatic hydroxyl groups is 1. The number of phenols is 1. The van der Waals surface area contributed by atoms with Gasteiger partial charge in [0.1, 0.15) is 17.8 Å². The zero-order valence-electron chi connectivity index (χ0n) is 29.9. The van der Waals surface area contributed by atoms with Gasteiger partial charge in [0.05, 0.1) is 18.1 Å². The Morgan fingerprint density at radius 1 is 1.00 bits per heavy atom. The van der Waals surface area contributed by atoms with Crippen LogP contribution < -0.4 is 22.1 Å². The van der Waals surface area contributed by atoms with Crippen LogP contribution in [0.1, 0.15) is 58.5 Å². The number of carbonyl (C=O) groups is 2. The van der Waals surface area contributed by atoms with E-state index in [-0.39, 0.29) is 36.4 Å². The zero-order valence-corrected chi connectivity index (χ0v) is 29.9. The number of guanidine groups is 1. The number of aryl methyl sites for hydroxylation is 2. The molecule has 0 spiro atoms. The van der Waals surface area contributed by atoms with Crippen LogP contribution in [0.5, 0.6) is 5.75 Å². The molecule has 2 unspecified atom stereocenters. The number of rotatable bonds is 13. The van der Waals surface area contributed by atoms with Crippen LogP contribution in [0.3, 0.4) is 0 Å². The molecular formula is C39H46N10O4. The van der Waals surface area contributed by atoms with Crippen molar-refractivity contribution in [2.75, 3.05) is 13.1 Å². The number of imidazole rings is 1. The molecule has 1 aliphatic heterocycles. The molecular weight excluding hydrogens is 672 g/mol. The largest absolute Gasteiger partial charge is 0.508 e. The summed E-state index contributed by atoms with van der Waals surface area (Å²) in [6, 6.07) is 18.9. The number of piperidine rings is 1. The molecule has 0 bridgehead atoms. The molecule has 0 aliphatic carbocycles. The number of H-pyrrole nitrogens is 1. The Balaban J connectivity index is 1.21. The Kier molecular flexibility index (Phi) is 11.5. The number of amides is 2. The van der Waals surface area contributed by atoms with Crippen molar-refractivity contribution in [3.63, 3.8) is 0 Å². The van der Waals surface area contributed by atoms with Gasteiger partial charge in [-0.05, 0) is 78.1 Å². The first-order valence-electron chi connectivity index (χ1n) is 17.7. The second kappa shape index (κ2) is 16.5. The summed E-state index contributed by atoms with van der Waals surface area (Å²) in [4.78, 5) is 41.7. The summed E-state index contributed by atoms with van der Waals surface area (Å²) >= 11 is 0. The number of aromatic amines is 1. The quantitative estimate of drug-likeness (QED) is 0.0694. The van der Waals surface area contributed by atoms with Crippen LogP contribution in [0.4, 0.5) is 0 Å². The Morgan fingerprint density at radius 2 is 1.68 bits per heavy atom. The Labute approximate surface area is 307 Å². The van der Waals surface area contributed by atoms with Crippen LogP contribution in [0.15, 0.2) is 83.8 Å². The van der Waals surface area contributed by atoms with Crippen molar-refractivity contribution < 1.29 is 19.2 Å². The lowest BCUT2D eigenvalue weighted by Gasteiger charge is -2.34. The van der Waals surface area contributed by atoms with Crippen LogP contribution >= 0.6 is 0 Å². The smallest absolute Gasteiger partial charge is 0.249 e. The molecule has 276 valence electrons. The number of benzene rings is 3. The van der Waals surface area contributed by atoms with E-state index in [4.69, 9.17) is 21.4 Å². The molecule has 9 N–H and O–H groups in total. The monoisotopic (exact) mass is 718 g/mol. The number of phenolic OH excluding ortho intramolecular Hbond substituents is 1. The minimum Gasteiger partial charge on any atom is -0.508 e. The average molecular weight is 719 g/mol. The first-order chi connectivity index (χ1) is 25.5. The third kappa shape index (κ3) is 9.26. The topological polar surface area (TPSA) is 225 Å². The van der Waals surface area contributed by atoms with Crippen LogP contribution in [-0.4, -0.2) is 73.1 Å². The normalized spacial score (nSPS) is 15.0. The predicted molar refractivity (Wildman–Crippen MR) is 200 cm³/mol. The fourth-order valence-corrected chi connectivity index (χ4v) is 6.88. The number of nitrogens with two attached hydrogens (primary N) is 2. The van der Waals surface area contributed by atoms with Crippen LogP contribution in [0, 0.1) is 25.2 Å². The van der Waals surface area contributed by atoms with Crippen molar-refractivity contribution >= 4 is 17.8 Å². The Hall–Kier alpha value is -6.02. The van der Waals surface area contributed by atoms with E-state index in [1.165, 1.54) is 0 Å². The van der Waals surface area contributed by atoms with Crippen LogP contribution in [-0.2, 0) is 28.9 Å². The van der Waals surface area contributed by atoms with E-state index in [2.05, 4.69) is 55.0 Å². The fourth-order valence-electron chi connectivity index (χ4n) is 6.88. The van der Waals surface area contributed by atoms with Crippen molar-refractivity contribution in [3.8, 4) is 16.9 Å². The van der Waals surface area contributed by atoms with Crippen molar-refractivity contribution in [1.29, 1.82) is 5.41 Å². The van der Waals surface area contributed by atoms with Gasteiger partial charge in [-0.2, -0.15) is 4.98 Å². The van der Waals surface area contributed by atoms with Gasteiger partial charge in [0.25, 0.3) is 0 Å². The van der Waals surface area contributed by atoms with Crippen LogP contribution in [0.2, 0.25) is 0 Å². The summed E-state index contributed by atoms with van der Waals surface area (Å²) in [5.74, 6) is -0.309. The summed E-state index contributed by atoms with van der Waals surface area (Å²) in [5, 5.41) is 28.1. The Bertz CT molecular complexity index is 1980. The van der Waals surface area contributed by atoms with Gasteiger partial charge in [-0.1, -0.05) is 59.8 Å². The highest BCUT2D eigenvalue weighted by atomic mass is 16.5. The van der Waals surface area contributed by atoms with Gasteiger partial charge in [0.2, 0.25) is 17.7 Å². The van der Waals surface area contributed by atoms with Crippen molar-refractivity contribution in [2.45, 2.75) is 64.1 Å². The molecule has 14 heteroatoms. The van der Waals surface area contributed by atoms with Crippen molar-refractivity contribution in [2.24, 2.45) is 17.4 Å². The lowest BCUT2D eigenvalue weighted by molar-refractivity contribution is -0.131. The van der Waals surface area contributed by atoms with E-state index < -0.39 is 29.9 Å². The van der Waals surface area contributed by atoms with E-state index in [0.717, 1.165) is 33.4 Å². The van der Waals surface area contributed by atoms with Crippen LogP contribution in [0.25, 0.3) is 11.1 Å². The molecule has 5 aromatic rings. The van der Waals surface area contributed by atoms with Gasteiger partial charge in [0.15, 0.2) is 11.8 Å². The molecule has 1 saturated heterocycles. The molecule has 1 aliphatic rings. The number of likely N-dealkylation sites (tertiary alicyclic amines) is 1. The molecule has 53 heavy (non-hydrogen) atoms. The molecule has 2 aromatic heterocycles. The number of hydrogen-bond donors (Lipinski definition) is 7. The van der Waals surface area contributed by atoms with E-state index in [1.807, 2.05) is 44.2 Å². The third-order valence-corrected chi connectivity index (χ3v) is 9.90. The van der Waals surface area contributed by atoms with E-state index in [0.29, 0.717) is 43.9 Å². The fraction of sp³-hybridized carbons (Fsp3) is 0.333. The van der Waals surface area contributed by atoms with E-state index in [9.17, 15) is 14.7 Å². The highest BCUT2D eigenvalue weighted by Gasteiger charge is 2.33. The Morgan fingerprint density at radius 3 is 2.32 bits per heavy atom. The second-order valence-electron chi connectivity index (χ2n) is 13.7. The molecule has 14 nitrogen and oxygen atoms in total. The lowest BCUT2D eigenvalue weighted by atomic mass is 9.89. The summed E-state index contributed by atoms with van der Waals surface area (Å²) < 4.78 is 5.74. The van der Waals surface area contributed by atoms with Crippen molar-refractivity contribution in [3.05, 3.63) is 119 Å². The highest BCUT2D eigenvalue weighted by Crippen LogP contribution is 2.25. The first-order valence-corrected chi connectivity index (χ1v) is 17.7. The van der Waals surface area contributed by atoms with Gasteiger partial charge in [-0.15, -0.1) is 0 Å². The second-order valence-corrected chi connectivity index (χ2v) is 13.7. The maximum Gasteiger partial charge on any atom is 0.249 e. The lowest BCUT2D eigenvalue weighted by Crippen LogP contribution is -2.56. The van der Waals surface area contributed by atoms with Gasteiger partial charge in [-0.25, -0.2) is 4.98 Å². The molecule has 3 aromatic carbocycles. The molecule has 6 rings (SSSR count). The summed E-state index contributed by atoms with van der Waals surface area (Å²) in [6.07, 6.45) is 5.26. The summed E-state index contributed by atoms with van der Waals surface area (Å²) in [6.45, 7) is 4.75. The molecule has 0 saturated carbocycles. The standard InChI is InChI=1S/C39H46N10O4/c1-23-16-30(50)17-24(2)31(23)20-32(45-37(52)35(40)28-12-14-49(15-13-28)39(41)42)36(51)46-33(19-29-21-43-22-44-29)38-47-34(48-53-38)18-25-8-10-27(11-9-25)26-6-4-3-5-7-26/h3-11,16-17,21-22,28,32-33,35,50H,12-15,18-20,40H2,1-2H3,(H3,41,42)(H,43,44)(H,45,52)(H,46,51)/t32?,33-,35?/m0/s1. The van der Waals surface area contributed by atoms with Gasteiger partial charge >= 0.3 is 0 Å². The first kappa shape index (κ1) is 36.8. The van der Waals surface area contributed by atoms with Crippen molar-refractivity contribution in [1.82, 2.24) is 35.6 Å². The minimum atomic E-state index is -1.03. The minimum absolute atomic E-state index is 0.00639. The molecule has 1 fully saturated rings. The molecule has 3 atom stereocenters. The highest BCUT2D eigenvalue weighted by molar-refractivity contribution is 5.90. The number of nitrogens with zero attached hydrogens (tertiary/aromatic N) is 4. The van der Waals surface area contributed by atoms with Gasteiger partial charge in [-0.3, -0.25) is 15.0 Å². The predicted octanol–water partition coefficient (Wildman–Crippen LogP) is 3.43. The SMILES string of the molecule is Cc1cc(O)cc(C)c1CC(NC(=O)C(N)C1CCN(C(=N)N)CC1)C(=O)N[C@@H](Cc1c[nH]cn1)c1nc(Cc2ccc(-c3ccccc3)cc2)no1. The summed E-state index contributed by atoms with van der Waals surface area (Å²) in [5.41, 5.74) is 18.4.